The number of carbonyl (C=O) groups excluding carboxylic acids is 2. The summed E-state index contributed by atoms with van der Waals surface area (Å²) in [6.45, 7) is 0.721. The molecule has 0 radical (unpaired) electrons. The van der Waals surface area contributed by atoms with Gasteiger partial charge in [-0.05, 0) is 62.6 Å². The third-order valence-corrected chi connectivity index (χ3v) is 6.64. The van der Waals surface area contributed by atoms with Gasteiger partial charge in [0.05, 0.1) is 16.6 Å². The van der Waals surface area contributed by atoms with Gasteiger partial charge in [-0.25, -0.2) is 4.79 Å². The van der Waals surface area contributed by atoms with E-state index in [2.05, 4.69) is 16.0 Å². The highest BCUT2D eigenvalue weighted by molar-refractivity contribution is 6.36. The lowest BCUT2D eigenvalue weighted by molar-refractivity contribution is 0.0924. The van der Waals surface area contributed by atoms with E-state index in [1.807, 2.05) is 0 Å². The average Bonchev–Trinajstić information content (AvgIpc) is 3.13. The van der Waals surface area contributed by atoms with Gasteiger partial charge < -0.3 is 21.1 Å². The number of urea groups is 1. The van der Waals surface area contributed by atoms with Crippen molar-refractivity contribution < 1.29 is 14.7 Å². The summed E-state index contributed by atoms with van der Waals surface area (Å²) in [4.78, 5) is 25.1. The number of benzene rings is 1. The summed E-state index contributed by atoms with van der Waals surface area (Å²) in [7, 11) is 0. The zero-order chi connectivity index (χ0) is 19.1. The Morgan fingerprint density at radius 1 is 1.11 bits per heavy atom. The van der Waals surface area contributed by atoms with Crippen LogP contribution in [-0.2, 0) is 0 Å². The van der Waals surface area contributed by atoms with Gasteiger partial charge in [-0.1, -0.05) is 23.2 Å². The van der Waals surface area contributed by atoms with E-state index in [0.717, 1.165) is 32.2 Å². The monoisotopic (exact) mass is 411 g/mol. The number of hydrogen-bond acceptors (Lipinski definition) is 4. The summed E-state index contributed by atoms with van der Waals surface area (Å²) < 4.78 is 0. The van der Waals surface area contributed by atoms with E-state index in [9.17, 15) is 14.7 Å². The molecule has 0 spiro atoms. The van der Waals surface area contributed by atoms with E-state index in [-0.39, 0.29) is 40.1 Å². The Bertz CT molecular complexity index is 769. The molecule has 2 amide bonds. The first-order valence-electron chi connectivity index (χ1n) is 9.45. The van der Waals surface area contributed by atoms with E-state index in [0.29, 0.717) is 17.0 Å². The average molecular weight is 412 g/mol. The topological polar surface area (TPSA) is 90.5 Å². The molecule has 27 heavy (non-hydrogen) atoms. The van der Waals surface area contributed by atoms with Crippen molar-refractivity contribution in [2.75, 3.05) is 6.54 Å². The molecule has 4 rings (SSSR count). The molecule has 0 bridgehead atoms. The maximum Gasteiger partial charge on any atom is 0.315 e. The number of phenolic OH excluding ortho intramolecular Hbond substituents is 1. The quantitative estimate of drug-likeness (QED) is 0.572. The van der Waals surface area contributed by atoms with Crippen LogP contribution in [0.1, 0.15) is 42.5 Å². The minimum absolute atomic E-state index is 0.0639. The number of carbonyl (C=O) groups is 2. The second kappa shape index (κ2) is 7.49. The predicted octanol–water partition coefficient (Wildman–Crippen LogP) is 3.10. The molecule has 2 aliphatic carbocycles. The smallest absolute Gasteiger partial charge is 0.315 e. The number of hydrogen-bond donors (Lipinski definition) is 4. The number of phenols is 1. The largest absolute Gasteiger partial charge is 0.506 e. The van der Waals surface area contributed by atoms with Gasteiger partial charge in [-0.3, -0.25) is 4.79 Å². The van der Waals surface area contributed by atoms with E-state index in [1.165, 1.54) is 18.6 Å². The number of Topliss-reactive ketones (excluding diaryl/α,β-unsaturated/α-hetero) is 1. The molecule has 4 N–H and O–H groups in total. The minimum atomic E-state index is -0.406. The van der Waals surface area contributed by atoms with Crippen LogP contribution in [0.4, 0.5) is 4.79 Å². The Morgan fingerprint density at radius 2 is 1.85 bits per heavy atom. The molecule has 1 aromatic carbocycles. The standard InChI is InChI=1S/C19H23Cl2N3O3/c20-10-5-14(17(25)15(21)6-10)18(26)16-13-7-12(4-9(13)8-22-16)24-19(27)23-11-2-1-3-11/h5-6,9,11-13,16,22,25H,1-4,7-8H2,(H2,23,24,27)/t9-,12+,13+,16+/m1/s1. The summed E-state index contributed by atoms with van der Waals surface area (Å²) >= 11 is 12.0. The van der Waals surface area contributed by atoms with Gasteiger partial charge in [0, 0.05) is 17.1 Å². The molecule has 1 heterocycles. The Labute approximate surface area is 168 Å². The molecule has 6 nitrogen and oxygen atoms in total. The molecule has 8 heteroatoms. The maximum absolute atomic E-state index is 13.0. The zero-order valence-corrected chi connectivity index (χ0v) is 16.3. The SMILES string of the molecule is O=C(NC1CCC1)N[C@H]1C[C@@H]2CN[C@H](C(=O)c3cc(Cl)cc(Cl)c3O)[C@H]2C1. The van der Waals surface area contributed by atoms with E-state index in [1.54, 1.807) is 0 Å². The molecule has 2 saturated carbocycles. The summed E-state index contributed by atoms with van der Waals surface area (Å²) in [5.41, 5.74) is 0.143. The van der Waals surface area contributed by atoms with E-state index in [4.69, 9.17) is 23.2 Å². The van der Waals surface area contributed by atoms with Crippen LogP contribution < -0.4 is 16.0 Å². The number of nitrogens with one attached hydrogen (secondary N) is 3. The molecular formula is C19H23Cl2N3O3. The van der Waals surface area contributed by atoms with Crippen molar-refractivity contribution in [1.29, 1.82) is 0 Å². The second-order valence-corrected chi connectivity index (χ2v) is 8.72. The number of halogens is 2. The van der Waals surface area contributed by atoms with Crippen molar-refractivity contribution >= 4 is 35.0 Å². The van der Waals surface area contributed by atoms with Crippen LogP contribution >= 0.6 is 23.2 Å². The molecule has 1 aliphatic heterocycles. The van der Waals surface area contributed by atoms with Gasteiger partial charge in [0.25, 0.3) is 0 Å². The second-order valence-electron chi connectivity index (χ2n) is 7.87. The summed E-state index contributed by atoms with van der Waals surface area (Å²) in [5.74, 6) is 0.00115. The van der Waals surface area contributed by atoms with E-state index >= 15 is 0 Å². The Hall–Kier alpha value is -1.50. The van der Waals surface area contributed by atoms with Gasteiger partial charge in [-0.2, -0.15) is 0 Å². The third kappa shape index (κ3) is 3.75. The number of fused-ring (bicyclic) bond motifs is 1. The number of ketones is 1. The Morgan fingerprint density at radius 3 is 2.56 bits per heavy atom. The normalized spacial score (nSPS) is 29.9. The van der Waals surface area contributed by atoms with Crippen LogP contribution in [-0.4, -0.2) is 41.6 Å². The van der Waals surface area contributed by atoms with Crippen LogP contribution in [0.3, 0.4) is 0 Å². The lowest BCUT2D eigenvalue weighted by atomic mass is 9.89. The van der Waals surface area contributed by atoms with Gasteiger partial charge in [0.15, 0.2) is 5.78 Å². The number of aromatic hydroxyl groups is 1. The molecular weight excluding hydrogens is 389 g/mol. The molecule has 4 atom stereocenters. The van der Waals surface area contributed by atoms with Crippen LogP contribution in [0.5, 0.6) is 5.75 Å². The van der Waals surface area contributed by atoms with Crippen molar-refractivity contribution in [2.45, 2.75) is 50.2 Å². The van der Waals surface area contributed by atoms with Crippen molar-refractivity contribution in [2.24, 2.45) is 11.8 Å². The van der Waals surface area contributed by atoms with Gasteiger partial charge in [-0.15, -0.1) is 0 Å². The predicted molar refractivity (Wildman–Crippen MR) is 104 cm³/mol. The Balaban J connectivity index is 1.41. The first kappa shape index (κ1) is 18.8. The lowest BCUT2D eigenvalue weighted by Gasteiger charge is -2.27. The van der Waals surface area contributed by atoms with Crippen LogP contribution in [0.25, 0.3) is 0 Å². The van der Waals surface area contributed by atoms with E-state index < -0.39 is 6.04 Å². The lowest BCUT2D eigenvalue weighted by Crippen LogP contribution is -2.48. The first-order chi connectivity index (χ1) is 12.9. The summed E-state index contributed by atoms with van der Waals surface area (Å²) in [6.07, 6.45) is 4.86. The number of rotatable bonds is 4. The highest BCUT2D eigenvalue weighted by Crippen LogP contribution is 2.41. The van der Waals surface area contributed by atoms with Crippen LogP contribution in [0.2, 0.25) is 10.0 Å². The maximum atomic E-state index is 13.0. The Kier molecular flexibility index (Phi) is 5.23. The van der Waals surface area contributed by atoms with Gasteiger partial charge in [0.1, 0.15) is 5.75 Å². The first-order valence-corrected chi connectivity index (χ1v) is 10.2. The molecule has 3 fully saturated rings. The fourth-order valence-electron chi connectivity index (χ4n) is 4.52. The van der Waals surface area contributed by atoms with Crippen LogP contribution in [0.15, 0.2) is 12.1 Å². The molecule has 146 valence electrons. The molecule has 1 saturated heterocycles. The van der Waals surface area contributed by atoms with Crippen molar-refractivity contribution in [3.8, 4) is 5.75 Å². The zero-order valence-electron chi connectivity index (χ0n) is 14.8. The summed E-state index contributed by atoms with van der Waals surface area (Å²) in [6, 6.07) is 2.72. The summed E-state index contributed by atoms with van der Waals surface area (Å²) in [5, 5.41) is 19.9. The van der Waals surface area contributed by atoms with Gasteiger partial charge >= 0.3 is 6.03 Å². The van der Waals surface area contributed by atoms with Crippen LogP contribution in [0, 0.1) is 11.8 Å². The van der Waals surface area contributed by atoms with Crippen molar-refractivity contribution in [1.82, 2.24) is 16.0 Å². The molecule has 0 aromatic heterocycles. The molecule has 0 unspecified atom stereocenters. The minimum Gasteiger partial charge on any atom is -0.506 e. The third-order valence-electron chi connectivity index (χ3n) is 6.13. The molecule has 1 aromatic rings. The highest BCUT2D eigenvalue weighted by Gasteiger charge is 2.47. The fraction of sp³-hybridized carbons (Fsp3) is 0.579. The highest BCUT2D eigenvalue weighted by atomic mass is 35.5. The number of amides is 2. The van der Waals surface area contributed by atoms with Crippen molar-refractivity contribution in [3.05, 3.63) is 27.7 Å². The molecule has 3 aliphatic rings. The van der Waals surface area contributed by atoms with Crippen molar-refractivity contribution in [3.63, 3.8) is 0 Å². The fourth-order valence-corrected chi connectivity index (χ4v) is 5.01. The van der Waals surface area contributed by atoms with Gasteiger partial charge in [0.2, 0.25) is 0 Å².